The molecule has 0 amide bonds. The molecule has 0 unspecified atom stereocenters. The van der Waals surface area contributed by atoms with E-state index in [1.165, 1.54) is 14.2 Å². The standard InChI is InChI=1S/C9H10O2.C2H4O2.CH5N/c10-9(11)7-6-8-4-2-1-3-5-8;1-4-2-3;1-2/h1-5H,6-7H2,(H,10,11);2H,1H3;2H2,1H3. The fourth-order valence-electron chi connectivity index (χ4n) is 0.896. The maximum Gasteiger partial charge on any atom is 0.303 e. The number of methoxy groups -OCH3 is 1. The van der Waals surface area contributed by atoms with Crippen molar-refractivity contribution in [2.75, 3.05) is 14.2 Å². The Labute approximate surface area is 101 Å². The van der Waals surface area contributed by atoms with Crippen molar-refractivity contribution in [3.8, 4) is 0 Å². The van der Waals surface area contributed by atoms with E-state index in [-0.39, 0.29) is 6.42 Å². The molecule has 0 bridgehead atoms. The molecule has 0 spiro atoms. The van der Waals surface area contributed by atoms with Crippen LogP contribution in [0.1, 0.15) is 12.0 Å². The van der Waals surface area contributed by atoms with Crippen molar-refractivity contribution < 1.29 is 19.4 Å². The summed E-state index contributed by atoms with van der Waals surface area (Å²) in [6.45, 7) is 0.375. The Kier molecular flexibility index (Phi) is 14.5. The van der Waals surface area contributed by atoms with Crippen LogP contribution < -0.4 is 5.73 Å². The van der Waals surface area contributed by atoms with Crippen LogP contribution in [-0.2, 0) is 20.7 Å². The van der Waals surface area contributed by atoms with Crippen molar-refractivity contribution in [2.45, 2.75) is 12.8 Å². The largest absolute Gasteiger partial charge is 0.481 e. The van der Waals surface area contributed by atoms with Gasteiger partial charge < -0.3 is 15.6 Å². The zero-order valence-corrected chi connectivity index (χ0v) is 10.1. The zero-order valence-electron chi connectivity index (χ0n) is 10.1. The molecule has 0 aromatic heterocycles. The first-order valence-electron chi connectivity index (χ1n) is 5.00. The van der Waals surface area contributed by atoms with E-state index >= 15 is 0 Å². The van der Waals surface area contributed by atoms with Crippen LogP contribution in [0.4, 0.5) is 0 Å². The summed E-state index contributed by atoms with van der Waals surface area (Å²) in [5, 5.41) is 8.37. The molecule has 1 aromatic carbocycles. The Hall–Kier alpha value is -1.88. The van der Waals surface area contributed by atoms with Crippen molar-refractivity contribution in [3.63, 3.8) is 0 Å². The summed E-state index contributed by atoms with van der Waals surface area (Å²) in [5.74, 6) is -0.742. The van der Waals surface area contributed by atoms with Gasteiger partial charge in [-0.3, -0.25) is 9.59 Å². The number of aryl methyl sites for hydroxylation is 1. The maximum absolute atomic E-state index is 10.2. The molecule has 0 heterocycles. The molecular weight excluding hydrogens is 222 g/mol. The third-order valence-corrected chi connectivity index (χ3v) is 1.57. The zero-order chi connectivity index (χ0) is 13.5. The molecule has 0 saturated heterocycles. The van der Waals surface area contributed by atoms with Gasteiger partial charge in [-0.1, -0.05) is 30.3 Å². The minimum Gasteiger partial charge on any atom is -0.481 e. The van der Waals surface area contributed by atoms with Crippen LogP contribution in [0.25, 0.3) is 0 Å². The second-order valence-electron chi connectivity index (χ2n) is 2.71. The maximum atomic E-state index is 10.2. The van der Waals surface area contributed by atoms with Gasteiger partial charge >= 0.3 is 5.97 Å². The number of hydrogen-bond acceptors (Lipinski definition) is 4. The van der Waals surface area contributed by atoms with Crippen LogP contribution in [-0.4, -0.2) is 31.7 Å². The lowest BCUT2D eigenvalue weighted by Gasteiger charge is -1.95. The van der Waals surface area contributed by atoms with E-state index in [1.54, 1.807) is 0 Å². The van der Waals surface area contributed by atoms with Gasteiger partial charge in [-0.05, 0) is 19.0 Å². The Bertz CT molecular complexity index is 288. The Morgan fingerprint density at radius 2 is 1.82 bits per heavy atom. The molecule has 0 fully saturated rings. The fraction of sp³-hybridized carbons (Fsp3) is 0.333. The highest BCUT2D eigenvalue weighted by molar-refractivity contribution is 5.67. The number of hydrogen-bond donors (Lipinski definition) is 2. The summed E-state index contributed by atoms with van der Waals surface area (Å²) in [6.07, 6.45) is 0.834. The monoisotopic (exact) mass is 241 g/mol. The number of rotatable bonds is 4. The molecule has 3 N–H and O–H groups in total. The molecule has 0 radical (unpaired) electrons. The van der Waals surface area contributed by atoms with Crippen molar-refractivity contribution in [2.24, 2.45) is 5.73 Å². The smallest absolute Gasteiger partial charge is 0.303 e. The molecule has 5 nitrogen and oxygen atoms in total. The lowest BCUT2D eigenvalue weighted by Crippen LogP contribution is -1.96. The van der Waals surface area contributed by atoms with E-state index in [0.717, 1.165) is 5.56 Å². The first-order chi connectivity index (χ1) is 8.20. The molecule has 0 atom stereocenters. The summed E-state index contributed by atoms with van der Waals surface area (Å²) in [6, 6.07) is 9.62. The molecule has 0 aliphatic carbocycles. The van der Waals surface area contributed by atoms with Crippen molar-refractivity contribution in [1.82, 2.24) is 0 Å². The Morgan fingerprint density at radius 3 is 2.18 bits per heavy atom. The number of ether oxygens (including phenoxy) is 1. The van der Waals surface area contributed by atoms with Crippen molar-refractivity contribution in [1.29, 1.82) is 0 Å². The highest BCUT2D eigenvalue weighted by Gasteiger charge is 1.96. The first-order valence-corrected chi connectivity index (χ1v) is 5.00. The summed E-state index contributed by atoms with van der Waals surface area (Å²) in [4.78, 5) is 19.1. The van der Waals surface area contributed by atoms with E-state index in [2.05, 4.69) is 10.5 Å². The average Bonchev–Trinajstić information content (AvgIpc) is 2.40. The number of carbonyl (C=O) groups is 2. The average molecular weight is 241 g/mol. The highest BCUT2D eigenvalue weighted by Crippen LogP contribution is 2.01. The van der Waals surface area contributed by atoms with Crippen LogP contribution in [0.2, 0.25) is 0 Å². The lowest BCUT2D eigenvalue weighted by molar-refractivity contribution is -0.137. The minimum atomic E-state index is -0.742. The van der Waals surface area contributed by atoms with Gasteiger partial charge in [-0.2, -0.15) is 0 Å². The van der Waals surface area contributed by atoms with Crippen molar-refractivity contribution >= 4 is 12.4 Å². The Morgan fingerprint density at radius 1 is 1.35 bits per heavy atom. The second kappa shape index (κ2) is 14.1. The quantitative estimate of drug-likeness (QED) is 0.769. The summed E-state index contributed by atoms with van der Waals surface area (Å²) >= 11 is 0. The predicted molar refractivity (Wildman–Crippen MR) is 65.6 cm³/mol. The third-order valence-electron chi connectivity index (χ3n) is 1.57. The lowest BCUT2D eigenvalue weighted by atomic mass is 10.1. The van der Waals surface area contributed by atoms with Crippen LogP contribution >= 0.6 is 0 Å². The number of carbonyl (C=O) groups excluding carboxylic acids is 1. The van der Waals surface area contributed by atoms with Crippen LogP contribution in [0, 0.1) is 0 Å². The van der Waals surface area contributed by atoms with Gasteiger partial charge in [0.15, 0.2) is 0 Å². The van der Waals surface area contributed by atoms with Crippen LogP contribution in [0.5, 0.6) is 0 Å². The molecule has 96 valence electrons. The molecule has 0 aliphatic heterocycles. The van der Waals surface area contributed by atoms with E-state index in [4.69, 9.17) is 9.90 Å². The molecule has 5 heteroatoms. The van der Waals surface area contributed by atoms with Crippen LogP contribution in [0.3, 0.4) is 0 Å². The van der Waals surface area contributed by atoms with E-state index in [1.807, 2.05) is 30.3 Å². The van der Waals surface area contributed by atoms with E-state index in [9.17, 15) is 4.79 Å². The van der Waals surface area contributed by atoms with Gasteiger partial charge in [0.25, 0.3) is 6.47 Å². The van der Waals surface area contributed by atoms with Crippen molar-refractivity contribution in [3.05, 3.63) is 35.9 Å². The van der Waals surface area contributed by atoms with Gasteiger partial charge in [0.2, 0.25) is 0 Å². The first kappa shape index (κ1) is 17.5. The molecule has 0 aliphatic rings. The molecular formula is C12H19NO4. The van der Waals surface area contributed by atoms with Gasteiger partial charge in [-0.15, -0.1) is 0 Å². The summed E-state index contributed by atoms with van der Waals surface area (Å²) in [5.41, 5.74) is 5.58. The Balaban J connectivity index is 0. The highest BCUT2D eigenvalue weighted by atomic mass is 16.5. The number of benzene rings is 1. The number of carboxylic acids is 1. The van der Waals surface area contributed by atoms with Gasteiger partial charge in [0.1, 0.15) is 0 Å². The van der Waals surface area contributed by atoms with Crippen LogP contribution in [0.15, 0.2) is 30.3 Å². The summed E-state index contributed by atoms with van der Waals surface area (Å²) < 4.78 is 3.86. The van der Waals surface area contributed by atoms with E-state index < -0.39 is 5.97 Å². The number of aliphatic carboxylic acids is 1. The summed E-state index contributed by atoms with van der Waals surface area (Å²) in [7, 11) is 2.81. The molecule has 0 saturated carbocycles. The predicted octanol–water partition coefficient (Wildman–Crippen LogP) is 1.07. The number of nitrogens with two attached hydrogens (primary N) is 1. The minimum absolute atomic E-state index is 0.212. The number of carboxylic acid groups (broad SMARTS) is 1. The van der Waals surface area contributed by atoms with Gasteiger partial charge in [0.05, 0.1) is 7.11 Å². The fourth-order valence-corrected chi connectivity index (χ4v) is 0.896. The molecule has 1 aromatic rings. The second-order valence-corrected chi connectivity index (χ2v) is 2.71. The molecule has 1 rings (SSSR count). The van der Waals surface area contributed by atoms with Gasteiger partial charge in [-0.25, -0.2) is 0 Å². The van der Waals surface area contributed by atoms with Gasteiger partial charge in [0, 0.05) is 6.42 Å². The third kappa shape index (κ3) is 14.1. The normalized spacial score (nSPS) is 7.71. The topological polar surface area (TPSA) is 89.6 Å². The molecule has 17 heavy (non-hydrogen) atoms. The van der Waals surface area contributed by atoms with E-state index in [0.29, 0.717) is 12.9 Å². The SMILES string of the molecule is CN.COC=O.O=C(O)CCc1ccccc1.